The predicted octanol–water partition coefficient (Wildman–Crippen LogP) is 3.38. The Kier molecular flexibility index (Phi) is 5.51. The number of ether oxygens (including phenoxy) is 1. The second kappa shape index (κ2) is 6.44. The van der Waals surface area contributed by atoms with Gasteiger partial charge in [0, 0.05) is 0 Å². The highest BCUT2D eigenvalue weighted by Gasteiger charge is 2.17. The molecular weight excluding hydrogens is 366 g/mol. The van der Waals surface area contributed by atoms with Crippen molar-refractivity contribution in [1.82, 2.24) is 4.98 Å². The molecule has 94 valence electrons. The SMILES string of the molecule is CCOC(=O)Cc1nc(I)c(C(F)F)cc1Cl. The first-order valence-corrected chi connectivity index (χ1v) is 6.20. The Hall–Kier alpha value is -0.500. The average Bonchev–Trinajstić information content (AvgIpc) is 2.22. The number of rotatable bonds is 4. The van der Waals surface area contributed by atoms with Gasteiger partial charge in [0.25, 0.3) is 6.43 Å². The molecule has 0 saturated heterocycles. The molecule has 0 bridgehead atoms. The maximum absolute atomic E-state index is 12.5. The summed E-state index contributed by atoms with van der Waals surface area (Å²) >= 11 is 7.47. The smallest absolute Gasteiger partial charge is 0.311 e. The summed E-state index contributed by atoms with van der Waals surface area (Å²) < 4.78 is 29.9. The Bertz CT molecular complexity index is 429. The van der Waals surface area contributed by atoms with Crippen LogP contribution in [-0.4, -0.2) is 17.6 Å². The summed E-state index contributed by atoms with van der Waals surface area (Å²) in [5.41, 5.74) is 0.0159. The Morgan fingerprint density at radius 3 is 2.82 bits per heavy atom. The molecule has 1 rings (SSSR count). The normalized spacial score (nSPS) is 10.7. The van der Waals surface area contributed by atoms with Crippen LogP contribution in [0.15, 0.2) is 6.07 Å². The zero-order valence-electron chi connectivity index (χ0n) is 8.84. The van der Waals surface area contributed by atoms with E-state index < -0.39 is 12.4 Å². The van der Waals surface area contributed by atoms with Gasteiger partial charge in [-0.25, -0.2) is 13.8 Å². The molecule has 0 aromatic carbocycles. The van der Waals surface area contributed by atoms with Gasteiger partial charge in [-0.15, -0.1) is 0 Å². The number of carbonyl (C=O) groups excluding carboxylic acids is 1. The summed E-state index contributed by atoms with van der Waals surface area (Å²) in [5.74, 6) is -0.484. The Morgan fingerprint density at radius 1 is 1.65 bits per heavy atom. The minimum atomic E-state index is -2.64. The molecule has 7 heteroatoms. The Morgan fingerprint density at radius 2 is 2.29 bits per heavy atom. The number of alkyl halides is 2. The lowest BCUT2D eigenvalue weighted by molar-refractivity contribution is -0.142. The van der Waals surface area contributed by atoms with Crippen molar-refractivity contribution in [2.75, 3.05) is 6.61 Å². The minimum Gasteiger partial charge on any atom is -0.466 e. The van der Waals surface area contributed by atoms with E-state index in [9.17, 15) is 13.6 Å². The van der Waals surface area contributed by atoms with Crippen LogP contribution in [0.5, 0.6) is 0 Å². The molecular formula is C10H9ClF2INO2. The molecule has 0 aliphatic heterocycles. The fourth-order valence-electron chi connectivity index (χ4n) is 1.14. The summed E-state index contributed by atoms with van der Waals surface area (Å²) in [6, 6.07) is 1.13. The average molecular weight is 376 g/mol. The molecule has 0 atom stereocenters. The highest BCUT2D eigenvalue weighted by molar-refractivity contribution is 14.1. The third-order valence-electron chi connectivity index (χ3n) is 1.88. The van der Waals surface area contributed by atoms with E-state index in [1.165, 1.54) is 0 Å². The van der Waals surface area contributed by atoms with Crippen molar-refractivity contribution in [2.24, 2.45) is 0 Å². The van der Waals surface area contributed by atoms with Gasteiger partial charge in [0.2, 0.25) is 0 Å². The van der Waals surface area contributed by atoms with Crippen molar-refractivity contribution >= 4 is 40.2 Å². The molecule has 0 N–H and O–H groups in total. The number of hydrogen-bond acceptors (Lipinski definition) is 3. The van der Waals surface area contributed by atoms with Crippen LogP contribution in [0, 0.1) is 3.70 Å². The number of esters is 1. The van der Waals surface area contributed by atoms with E-state index >= 15 is 0 Å². The predicted molar refractivity (Wildman–Crippen MR) is 67.3 cm³/mol. The van der Waals surface area contributed by atoms with E-state index in [1.807, 2.05) is 0 Å². The largest absolute Gasteiger partial charge is 0.466 e. The molecule has 17 heavy (non-hydrogen) atoms. The number of aromatic nitrogens is 1. The van der Waals surface area contributed by atoms with Gasteiger partial charge >= 0.3 is 5.97 Å². The van der Waals surface area contributed by atoms with E-state index in [0.717, 1.165) is 6.07 Å². The van der Waals surface area contributed by atoms with E-state index in [1.54, 1.807) is 29.5 Å². The highest BCUT2D eigenvalue weighted by Crippen LogP contribution is 2.28. The summed E-state index contributed by atoms with van der Waals surface area (Å²) in [7, 11) is 0. The van der Waals surface area contributed by atoms with Crippen LogP contribution >= 0.6 is 34.2 Å². The van der Waals surface area contributed by atoms with E-state index in [2.05, 4.69) is 4.98 Å². The molecule has 1 aromatic rings. The molecule has 1 aromatic heterocycles. The van der Waals surface area contributed by atoms with Crippen LogP contribution in [0.3, 0.4) is 0 Å². The first-order chi connectivity index (χ1) is 7.95. The van der Waals surface area contributed by atoms with Gasteiger partial charge < -0.3 is 4.74 Å². The lowest BCUT2D eigenvalue weighted by atomic mass is 10.2. The molecule has 1 heterocycles. The van der Waals surface area contributed by atoms with Gasteiger partial charge in [-0.3, -0.25) is 4.79 Å². The lowest BCUT2D eigenvalue weighted by Crippen LogP contribution is -2.10. The molecule has 0 aliphatic rings. The van der Waals surface area contributed by atoms with E-state index in [4.69, 9.17) is 16.3 Å². The summed E-state index contributed by atoms with van der Waals surface area (Å²) in [6.45, 7) is 1.93. The standard InChI is InChI=1S/C10H9ClF2INO2/c1-2-17-8(16)4-7-6(11)3-5(9(12)13)10(14)15-7/h3,9H,2,4H2,1H3. The fraction of sp³-hybridized carbons (Fsp3) is 0.400. The van der Waals surface area contributed by atoms with Crippen LogP contribution in [0.2, 0.25) is 5.02 Å². The zero-order valence-corrected chi connectivity index (χ0v) is 11.8. The van der Waals surface area contributed by atoms with Gasteiger partial charge in [-0.1, -0.05) is 11.6 Å². The lowest BCUT2D eigenvalue weighted by Gasteiger charge is -2.08. The molecule has 3 nitrogen and oxygen atoms in total. The van der Waals surface area contributed by atoms with Gasteiger partial charge in [-0.05, 0) is 35.6 Å². The van der Waals surface area contributed by atoms with Crippen molar-refractivity contribution in [2.45, 2.75) is 19.8 Å². The first-order valence-electron chi connectivity index (χ1n) is 4.74. The fourth-order valence-corrected chi connectivity index (χ4v) is 2.05. The zero-order chi connectivity index (χ0) is 13.0. The Labute approximate surface area is 116 Å². The number of hydrogen-bond donors (Lipinski definition) is 0. The van der Waals surface area contributed by atoms with E-state index in [-0.39, 0.29) is 33.0 Å². The monoisotopic (exact) mass is 375 g/mol. The maximum Gasteiger partial charge on any atom is 0.311 e. The maximum atomic E-state index is 12.5. The van der Waals surface area contributed by atoms with Crippen LogP contribution in [0.25, 0.3) is 0 Å². The molecule has 0 radical (unpaired) electrons. The van der Waals surface area contributed by atoms with Gasteiger partial charge in [-0.2, -0.15) is 0 Å². The number of pyridine rings is 1. The topological polar surface area (TPSA) is 39.2 Å². The van der Waals surface area contributed by atoms with Crippen LogP contribution in [0.4, 0.5) is 8.78 Å². The molecule has 0 unspecified atom stereocenters. The quantitative estimate of drug-likeness (QED) is 0.460. The summed E-state index contributed by atoms with van der Waals surface area (Å²) in [4.78, 5) is 15.1. The van der Waals surface area contributed by atoms with Crippen LogP contribution in [-0.2, 0) is 16.0 Å². The number of carbonyl (C=O) groups is 1. The van der Waals surface area contributed by atoms with Gasteiger partial charge in [0.05, 0.1) is 29.3 Å². The number of nitrogens with zero attached hydrogens (tertiary/aromatic N) is 1. The van der Waals surface area contributed by atoms with Gasteiger partial charge in [0.1, 0.15) is 3.70 Å². The molecule has 0 amide bonds. The van der Waals surface area contributed by atoms with Crippen LogP contribution < -0.4 is 0 Å². The third-order valence-corrected chi connectivity index (χ3v) is 3.07. The molecule has 0 spiro atoms. The highest BCUT2D eigenvalue weighted by atomic mass is 127. The molecule has 0 saturated carbocycles. The van der Waals surface area contributed by atoms with Crippen molar-refractivity contribution in [3.8, 4) is 0 Å². The molecule has 0 aliphatic carbocycles. The number of halogens is 4. The second-order valence-corrected chi connectivity index (χ2v) is 4.51. The van der Waals surface area contributed by atoms with Crippen molar-refractivity contribution in [1.29, 1.82) is 0 Å². The van der Waals surface area contributed by atoms with E-state index in [0.29, 0.717) is 0 Å². The van der Waals surface area contributed by atoms with Crippen LogP contribution in [0.1, 0.15) is 24.6 Å². The first kappa shape index (κ1) is 14.6. The molecule has 0 fully saturated rings. The van der Waals surface area contributed by atoms with Crippen molar-refractivity contribution < 1.29 is 18.3 Å². The van der Waals surface area contributed by atoms with Crippen molar-refractivity contribution in [3.63, 3.8) is 0 Å². The second-order valence-electron chi connectivity index (χ2n) is 3.08. The summed E-state index contributed by atoms with van der Waals surface area (Å²) in [5, 5.41) is 0.0498. The Balaban J connectivity index is 2.95. The van der Waals surface area contributed by atoms with Gasteiger partial charge in [0.15, 0.2) is 0 Å². The third kappa shape index (κ3) is 4.02. The summed E-state index contributed by atoms with van der Waals surface area (Å²) in [6.07, 6.45) is -2.75. The van der Waals surface area contributed by atoms with Crippen molar-refractivity contribution in [3.05, 3.63) is 26.0 Å². The minimum absolute atomic E-state index is 0.0498.